The number of para-hydroxylation sites is 1. The third-order valence-electron chi connectivity index (χ3n) is 3.91. The van der Waals surface area contributed by atoms with E-state index in [1.54, 1.807) is 0 Å². The SMILES string of the molecule is CN1CCC(CNCc2c[nH]c3ccccc23)C1. The van der Waals surface area contributed by atoms with E-state index in [4.69, 9.17) is 0 Å². The van der Waals surface area contributed by atoms with E-state index in [2.05, 4.69) is 52.7 Å². The molecule has 96 valence electrons. The van der Waals surface area contributed by atoms with Gasteiger partial charge in [0.1, 0.15) is 0 Å². The number of H-pyrrole nitrogens is 1. The smallest absolute Gasteiger partial charge is 0.0457 e. The molecule has 3 heteroatoms. The molecule has 0 radical (unpaired) electrons. The van der Waals surface area contributed by atoms with Crippen molar-refractivity contribution < 1.29 is 0 Å². The molecule has 2 heterocycles. The highest BCUT2D eigenvalue weighted by Crippen LogP contribution is 2.18. The predicted molar refractivity (Wildman–Crippen MR) is 75.6 cm³/mol. The van der Waals surface area contributed by atoms with Gasteiger partial charge < -0.3 is 15.2 Å². The van der Waals surface area contributed by atoms with Gasteiger partial charge in [0, 0.05) is 30.2 Å². The first-order valence-electron chi connectivity index (χ1n) is 6.77. The molecule has 1 unspecified atom stereocenters. The number of aromatic nitrogens is 1. The van der Waals surface area contributed by atoms with Crippen molar-refractivity contribution in [3.05, 3.63) is 36.0 Å². The summed E-state index contributed by atoms with van der Waals surface area (Å²) in [7, 11) is 2.21. The summed E-state index contributed by atoms with van der Waals surface area (Å²) in [5.74, 6) is 0.820. The topological polar surface area (TPSA) is 31.1 Å². The van der Waals surface area contributed by atoms with Gasteiger partial charge in [-0.15, -0.1) is 0 Å². The zero-order chi connectivity index (χ0) is 12.4. The van der Waals surface area contributed by atoms with Gasteiger partial charge in [-0.2, -0.15) is 0 Å². The average molecular weight is 243 g/mol. The Morgan fingerprint density at radius 2 is 2.28 bits per heavy atom. The normalized spacial score (nSPS) is 20.8. The number of aromatic amines is 1. The number of nitrogens with one attached hydrogen (secondary N) is 2. The van der Waals surface area contributed by atoms with Crippen LogP contribution in [0.3, 0.4) is 0 Å². The van der Waals surface area contributed by atoms with Crippen molar-refractivity contribution in [3.63, 3.8) is 0 Å². The molecule has 1 atom stereocenters. The first kappa shape index (κ1) is 11.8. The molecular formula is C15H21N3. The lowest BCUT2D eigenvalue weighted by Gasteiger charge is -2.11. The van der Waals surface area contributed by atoms with Crippen molar-refractivity contribution in [2.75, 3.05) is 26.7 Å². The van der Waals surface area contributed by atoms with Gasteiger partial charge in [-0.3, -0.25) is 0 Å². The Labute approximate surface area is 108 Å². The maximum atomic E-state index is 3.60. The van der Waals surface area contributed by atoms with Crippen LogP contribution in [0, 0.1) is 5.92 Å². The highest BCUT2D eigenvalue weighted by molar-refractivity contribution is 5.82. The second-order valence-corrected chi connectivity index (χ2v) is 5.41. The van der Waals surface area contributed by atoms with Gasteiger partial charge in [0.2, 0.25) is 0 Å². The standard InChI is InChI=1S/C15H21N3/c1-18-7-6-12(11-18)8-16-9-13-10-17-15-5-3-2-4-14(13)15/h2-5,10,12,16-17H,6-9,11H2,1H3. The summed E-state index contributed by atoms with van der Waals surface area (Å²) in [6.07, 6.45) is 3.45. The molecule has 1 aromatic carbocycles. The molecule has 0 amide bonds. The minimum absolute atomic E-state index is 0.820. The number of hydrogen-bond acceptors (Lipinski definition) is 2. The van der Waals surface area contributed by atoms with Crippen LogP contribution in [-0.4, -0.2) is 36.6 Å². The van der Waals surface area contributed by atoms with Crippen LogP contribution < -0.4 is 5.32 Å². The quantitative estimate of drug-likeness (QED) is 0.862. The van der Waals surface area contributed by atoms with E-state index in [-0.39, 0.29) is 0 Å². The number of benzene rings is 1. The van der Waals surface area contributed by atoms with Gasteiger partial charge in [0.05, 0.1) is 0 Å². The molecule has 0 spiro atoms. The fourth-order valence-electron chi connectivity index (χ4n) is 2.88. The molecule has 1 saturated heterocycles. The molecular weight excluding hydrogens is 222 g/mol. The number of rotatable bonds is 4. The Kier molecular flexibility index (Phi) is 3.35. The van der Waals surface area contributed by atoms with E-state index in [0.717, 1.165) is 19.0 Å². The van der Waals surface area contributed by atoms with E-state index in [0.29, 0.717) is 0 Å². The monoisotopic (exact) mass is 243 g/mol. The summed E-state index contributed by atoms with van der Waals surface area (Å²) in [5, 5.41) is 4.94. The van der Waals surface area contributed by atoms with Crippen molar-refractivity contribution in [1.82, 2.24) is 15.2 Å². The van der Waals surface area contributed by atoms with Gasteiger partial charge in [0.15, 0.2) is 0 Å². The first-order chi connectivity index (χ1) is 8.83. The van der Waals surface area contributed by atoms with E-state index in [9.17, 15) is 0 Å². The van der Waals surface area contributed by atoms with Gasteiger partial charge in [0.25, 0.3) is 0 Å². The van der Waals surface area contributed by atoms with Crippen molar-refractivity contribution >= 4 is 10.9 Å². The van der Waals surface area contributed by atoms with Gasteiger partial charge >= 0.3 is 0 Å². The number of hydrogen-bond donors (Lipinski definition) is 2. The Morgan fingerprint density at radius 1 is 1.39 bits per heavy atom. The molecule has 2 N–H and O–H groups in total. The fraction of sp³-hybridized carbons (Fsp3) is 0.467. The van der Waals surface area contributed by atoms with Crippen molar-refractivity contribution in [2.45, 2.75) is 13.0 Å². The fourth-order valence-corrected chi connectivity index (χ4v) is 2.88. The van der Waals surface area contributed by atoms with Gasteiger partial charge in [-0.25, -0.2) is 0 Å². The van der Waals surface area contributed by atoms with Crippen molar-refractivity contribution in [2.24, 2.45) is 5.92 Å². The van der Waals surface area contributed by atoms with Crippen LogP contribution in [0.4, 0.5) is 0 Å². The summed E-state index contributed by atoms with van der Waals surface area (Å²) in [4.78, 5) is 5.74. The Bertz CT molecular complexity index is 517. The number of nitrogens with zero attached hydrogens (tertiary/aromatic N) is 1. The summed E-state index contributed by atoms with van der Waals surface area (Å²) in [6.45, 7) is 4.58. The molecule has 0 bridgehead atoms. The zero-order valence-electron chi connectivity index (χ0n) is 10.9. The largest absolute Gasteiger partial charge is 0.361 e. The highest BCUT2D eigenvalue weighted by atomic mass is 15.1. The van der Waals surface area contributed by atoms with E-state index < -0.39 is 0 Å². The van der Waals surface area contributed by atoms with Crippen molar-refractivity contribution in [3.8, 4) is 0 Å². The third kappa shape index (κ3) is 2.42. The third-order valence-corrected chi connectivity index (χ3v) is 3.91. The second kappa shape index (κ2) is 5.12. The van der Waals surface area contributed by atoms with E-state index in [1.165, 1.54) is 36.0 Å². The van der Waals surface area contributed by atoms with Gasteiger partial charge in [-0.05, 0) is 44.1 Å². The maximum absolute atomic E-state index is 3.60. The molecule has 0 saturated carbocycles. The van der Waals surface area contributed by atoms with Gasteiger partial charge in [-0.1, -0.05) is 18.2 Å². The minimum atomic E-state index is 0.820. The molecule has 1 fully saturated rings. The minimum Gasteiger partial charge on any atom is -0.361 e. The second-order valence-electron chi connectivity index (χ2n) is 5.41. The van der Waals surface area contributed by atoms with Crippen LogP contribution in [0.15, 0.2) is 30.5 Å². The Morgan fingerprint density at radius 3 is 3.11 bits per heavy atom. The summed E-state index contributed by atoms with van der Waals surface area (Å²) >= 11 is 0. The van der Waals surface area contributed by atoms with Crippen LogP contribution in [0.25, 0.3) is 10.9 Å². The maximum Gasteiger partial charge on any atom is 0.0457 e. The van der Waals surface area contributed by atoms with E-state index in [1.807, 2.05) is 0 Å². The average Bonchev–Trinajstić information content (AvgIpc) is 2.97. The van der Waals surface area contributed by atoms with Crippen LogP contribution in [0.5, 0.6) is 0 Å². The lowest BCUT2D eigenvalue weighted by molar-refractivity contribution is 0.388. The zero-order valence-corrected chi connectivity index (χ0v) is 10.9. The van der Waals surface area contributed by atoms with Crippen LogP contribution in [-0.2, 0) is 6.54 Å². The molecule has 2 aromatic rings. The van der Waals surface area contributed by atoms with E-state index >= 15 is 0 Å². The Hall–Kier alpha value is -1.32. The number of likely N-dealkylation sites (tertiary alicyclic amines) is 1. The van der Waals surface area contributed by atoms with Crippen LogP contribution in [0.2, 0.25) is 0 Å². The molecule has 3 nitrogen and oxygen atoms in total. The summed E-state index contributed by atoms with van der Waals surface area (Å²) in [6, 6.07) is 8.49. The molecule has 3 rings (SSSR count). The van der Waals surface area contributed by atoms with Crippen LogP contribution >= 0.6 is 0 Å². The predicted octanol–water partition coefficient (Wildman–Crippen LogP) is 2.21. The summed E-state index contributed by atoms with van der Waals surface area (Å²) < 4.78 is 0. The molecule has 1 aliphatic rings. The summed E-state index contributed by atoms with van der Waals surface area (Å²) in [5.41, 5.74) is 2.60. The number of fused-ring (bicyclic) bond motifs is 1. The van der Waals surface area contributed by atoms with Crippen molar-refractivity contribution in [1.29, 1.82) is 0 Å². The Balaban J connectivity index is 1.57. The lowest BCUT2D eigenvalue weighted by Crippen LogP contribution is -2.24. The molecule has 1 aromatic heterocycles. The molecule has 18 heavy (non-hydrogen) atoms. The molecule has 0 aliphatic carbocycles. The molecule has 1 aliphatic heterocycles. The first-order valence-corrected chi connectivity index (χ1v) is 6.77. The van der Waals surface area contributed by atoms with Crippen LogP contribution in [0.1, 0.15) is 12.0 Å². The highest BCUT2D eigenvalue weighted by Gasteiger charge is 2.18. The lowest BCUT2D eigenvalue weighted by atomic mass is 10.1.